The lowest BCUT2D eigenvalue weighted by molar-refractivity contribution is -0.116. The molecule has 0 atom stereocenters. The molecule has 0 aliphatic heterocycles. The third-order valence-corrected chi connectivity index (χ3v) is 3.05. The molecule has 0 fully saturated rings. The number of aromatic nitrogens is 2. The number of para-hydroxylation sites is 1. The molecule has 1 aromatic heterocycles. The summed E-state index contributed by atoms with van der Waals surface area (Å²) in [6, 6.07) is 7.16. The summed E-state index contributed by atoms with van der Waals surface area (Å²) in [5.41, 5.74) is 6.87. The van der Waals surface area contributed by atoms with E-state index in [4.69, 9.17) is 29.6 Å². The molecule has 7 heteroatoms. The van der Waals surface area contributed by atoms with Crippen LogP contribution in [-0.2, 0) is 11.3 Å². The number of hydrogen-bond donors (Lipinski definition) is 2. The van der Waals surface area contributed by atoms with E-state index in [0.717, 1.165) is 0 Å². The van der Waals surface area contributed by atoms with E-state index in [2.05, 4.69) is 10.4 Å². The molecule has 3 N–H and O–H groups in total. The number of amides is 1. The lowest BCUT2D eigenvalue weighted by Gasteiger charge is -2.09. The van der Waals surface area contributed by atoms with Gasteiger partial charge in [0.1, 0.15) is 4.99 Å². The van der Waals surface area contributed by atoms with Gasteiger partial charge in [0.2, 0.25) is 5.91 Å². The van der Waals surface area contributed by atoms with Crippen molar-refractivity contribution in [2.24, 2.45) is 5.73 Å². The van der Waals surface area contributed by atoms with Crippen LogP contribution in [0.2, 0.25) is 5.02 Å². The number of nitrogens with one attached hydrogen (secondary N) is 1. The van der Waals surface area contributed by atoms with Crippen LogP contribution in [0.3, 0.4) is 0 Å². The van der Waals surface area contributed by atoms with Gasteiger partial charge in [-0.05, 0) is 12.1 Å². The number of benzene rings is 1. The minimum absolute atomic E-state index is 0.139. The summed E-state index contributed by atoms with van der Waals surface area (Å²) in [5.74, 6) is -0.139. The molecular formula is C13H13ClN4OS. The van der Waals surface area contributed by atoms with Crippen molar-refractivity contribution in [3.63, 3.8) is 0 Å². The van der Waals surface area contributed by atoms with Crippen molar-refractivity contribution in [2.75, 3.05) is 5.32 Å². The van der Waals surface area contributed by atoms with E-state index in [1.165, 1.54) is 6.20 Å². The van der Waals surface area contributed by atoms with Crippen LogP contribution in [0.4, 0.5) is 5.69 Å². The standard InChI is InChI=1S/C13H13ClN4OS/c14-9-7-16-18(8-9)6-5-12(19)17-11-4-2-1-3-10(11)13(15)20/h1-4,7-8H,5-6H2,(H2,15,20)(H,17,19). The first-order valence-corrected chi connectivity index (χ1v) is 6.71. The molecule has 5 nitrogen and oxygen atoms in total. The second kappa shape index (κ2) is 6.49. The molecule has 1 amide bonds. The third-order valence-electron chi connectivity index (χ3n) is 2.64. The normalized spacial score (nSPS) is 10.2. The van der Waals surface area contributed by atoms with Crippen molar-refractivity contribution >= 4 is 40.4 Å². The summed E-state index contributed by atoms with van der Waals surface area (Å²) in [4.78, 5) is 12.1. The highest BCUT2D eigenvalue weighted by molar-refractivity contribution is 7.80. The largest absolute Gasteiger partial charge is 0.389 e. The monoisotopic (exact) mass is 308 g/mol. The van der Waals surface area contributed by atoms with Crippen LogP contribution in [0.1, 0.15) is 12.0 Å². The molecule has 0 bridgehead atoms. The quantitative estimate of drug-likeness (QED) is 0.831. The Kier molecular flexibility index (Phi) is 4.70. The van der Waals surface area contributed by atoms with E-state index in [1.54, 1.807) is 23.0 Å². The van der Waals surface area contributed by atoms with Gasteiger partial charge in [-0.3, -0.25) is 9.48 Å². The van der Waals surface area contributed by atoms with Gasteiger partial charge in [0, 0.05) is 24.7 Å². The van der Waals surface area contributed by atoms with Gasteiger partial charge in [-0.2, -0.15) is 5.10 Å². The number of carbonyl (C=O) groups is 1. The van der Waals surface area contributed by atoms with Crippen LogP contribution < -0.4 is 11.1 Å². The maximum Gasteiger partial charge on any atom is 0.226 e. The number of nitrogens with two attached hydrogens (primary N) is 1. The molecule has 20 heavy (non-hydrogen) atoms. The Morgan fingerprint density at radius 2 is 2.20 bits per heavy atom. The summed E-state index contributed by atoms with van der Waals surface area (Å²) in [6.45, 7) is 0.452. The van der Waals surface area contributed by atoms with Crippen LogP contribution >= 0.6 is 23.8 Å². The van der Waals surface area contributed by atoms with E-state index in [9.17, 15) is 4.79 Å². The van der Waals surface area contributed by atoms with Crippen LogP contribution in [0.15, 0.2) is 36.7 Å². The molecular weight excluding hydrogens is 296 g/mol. The second-order valence-corrected chi connectivity index (χ2v) is 5.01. The molecule has 0 aliphatic rings. The van der Waals surface area contributed by atoms with Gasteiger partial charge in [0.25, 0.3) is 0 Å². The molecule has 1 aromatic carbocycles. The maximum absolute atomic E-state index is 11.9. The highest BCUT2D eigenvalue weighted by Gasteiger charge is 2.08. The zero-order valence-corrected chi connectivity index (χ0v) is 12.1. The van der Waals surface area contributed by atoms with Crippen molar-refractivity contribution in [1.29, 1.82) is 0 Å². The molecule has 2 rings (SSSR count). The molecule has 104 valence electrons. The fourth-order valence-electron chi connectivity index (χ4n) is 1.70. The number of hydrogen-bond acceptors (Lipinski definition) is 3. The summed E-state index contributed by atoms with van der Waals surface area (Å²) in [7, 11) is 0. The smallest absolute Gasteiger partial charge is 0.226 e. The highest BCUT2D eigenvalue weighted by Crippen LogP contribution is 2.15. The molecule has 2 aromatic rings. The number of carbonyl (C=O) groups excluding carboxylic acids is 1. The summed E-state index contributed by atoms with van der Waals surface area (Å²) in [6.07, 6.45) is 3.48. The van der Waals surface area contributed by atoms with Gasteiger partial charge in [0.15, 0.2) is 0 Å². The van der Waals surface area contributed by atoms with E-state index in [1.807, 2.05) is 12.1 Å². The number of thiocarbonyl (C=S) groups is 1. The minimum Gasteiger partial charge on any atom is -0.389 e. The zero-order valence-electron chi connectivity index (χ0n) is 10.5. The first-order valence-electron chi connectivity index (χ1n) is 5.93. The Bertz CT molecular complexity index is 641. The number of rotatable bonds is 5. The molecule has 0 unspecified atom stereocenters. The van der Waals surface area contributed by atoms with Crippen molar-refractivity contribution in [3.8, 4) is 0 Å². The van der Waals surface area contributed by atoms with Gasteiger partial charge in [0.05, 0.1) is 16.9 Å². The lowest BCUT2D eigenvalue weighted by atomic mass is 10.1. The minimum atomic E-state index is -0.139. The van der Waals surface area contributed by atoms with Crippen molar-refractivity contribution in [1.82, 2.24) is 9.78 Å². The van der Waals surface area contributed by atoms with Crippen LogP contribution in [0, 0.1) is 0 Å². The van der Waals surface area contributed by atoms with Crippen molar-refractivity contribution < 1.29 is 4.79 Å². The summed E-state index contributed by atoms with van der Waals surface area (Å²) >= 11 is 10.7. The predicted molar refractivity (Wildman–Crippen MR) is 82.8 cm³/mol. The SMILES string of the molecule is NC(=S)c1ccccc1NC(=O)CCn1cc(Cl)cn1. The van der Waals surface area contributed by atoms with E-state index in [0.29, 0.717) is 22.8 Å². The third kappa shape index (κ3) is 3.79. The predicted octanol–water partition coefficient (Wildman–Crippen LogP) is 2.20. The number of aryl methyl sites for hydroxylation is 1. The Balaban J connectivity index is 1.96. The van der Waals surface area contributed by atoms with Gasteiger partial charge < -0.3 is 11.1 Å². The summed E-state index contributed by atoms with van der Waals surface area (Å²) < 4.78 is 1.61. The topological polar surface area (TPSA) is 72.9 Å². The average molecular weight is 309 g/mol. The molecule has 0 aliphatic carbocycles. The van der Waals surface area contributed by atoms with Crippen LogP contribution in [-0.4, -0.2) is 20.7 Å². The average Bonchev–Trinajstić information content (AvgIpc) is 2.83. The summed E-state index contributed by atoms with van der Waals surface area (Å²) in [5, 5.41) is 7.34. The number of anilines is 1. The molecule has 1 heterocycles. The highest BCUT2D eigenvalue weighted by atomic mass is 35.5. The fourth-order valence-corrected chi connectivity index (χ4v) is 2.03. The first kappa shape index (κ1) is 14.5. The lowest BCUT2D eigenvalue weighted by Crippen LogP contribution is -2.18. The Morgan fingerprint density at radius 3 is 2.85 bits per heavy atom. The first-order chi connectivity index (χ1) is 9.56. The van der Waals surface area contributed by atoms with Crippen molar-refractivity contribution in [2.45, 2.75) is 13.0 Å². The Labute approximate surface area is 126 Å². The van der Waals surface area contributed by atoms with Gasteiger partial charge in [-0.1, -0.05) is 36.0 Å². The Hall–Kier alpha value is -1.92. The van der Waals surface area contributed by atoms with E-state index < -0.39 is 0 Å². The van der Waals surface area contributed by atoms with Gasteiger partial charge in [-0.15, -0.1) is 0 Å². The maximum atomic E-state index is 11.9. The number of nitrogens with zero attached hydrogens (tertiary/aromatic N) is 2. The van der Waals surface area contributed by atoms with Crippen LogP contribution in [0.25, 0.3) is 0 Å². The zero-order chi connectivity index (χ0) is 14.5. The van der Waals surface area contributed by atoms with Crippen molar-refractivity contribution in [3.05, 3.63) is 47.2 Å². The molecule has 0 saturated carbocycles. The van der Waals surface area contributed by atoms with E-state index >= 15 is 0 Å². The second-order valence-electron chi connectivity index (χ2n) is 4.13. The number of halogens is 1. The van der Waals surface area contributed by atoms with Gasteiger partial charge in [-0.25, -0.2) is 0 Å². The molecule has 0 radical (unpaired) electrons. The van der Waals surface area contributed by atoms with Gasteiger partial charge >= 0.3 is 0 Å². The fraction of sp³-hybridized carbons (Fsp3) is 0.154. The van der Waals surface area contributed by atoms with Crippen LogP contribution in [0.5, 0.6) is 0 Å². The van der Waals surface area contributed by atoms with E-state index in [-0.39, 0.29) is 17.3 Å². The molecule has 0 spiro atoms. The molecule has 0 saturated heterocycles. The Morgan fingerprint density at radius 1 is 1.45 bits per heavy atom.